The fraction of sp³-hybridized carbons (Fsp3) is 0.300. The summed E-state index contributed by atoms with van der Waals surface area (Å²) in [7, 11) is 0. The van der Waals surface area contributed by atoms with Gasteiger partial charge in [-0.25, -0.2) is 4.79 Å². The van der Waals surface area contributed by atoms with Gasteiger partial charge in [-0.15, -0.1) is 0 Å². The smallest absolute Gasteiger partial charge is 0.420 e. The number of hydrogen-bond acceptors (Lipinski definition) is 4. The Morgan fingerprint density at radius 1 is 1.08 bits per heavy atom. The maximum Gasteiger partial charge on any atom is 0.420 e. The highest BCUT2D eigenvalue weighted by Crippen LogP contribution is 2.29. The van der Waals surface area contributed by atoms with E-state index in [2.05, 4.69) is 0 Å². The van der Waals surface area contributed by atoms with Crippen LogP contribution in [0.5, 0.6) is 5.75 Å². The van der Waals surface area contributed by atoms with Crippen LogP contribution >= 0.6 is 0 Å². The Kier molecular flexibility index (Phi) is 4.24. The van der Waals surface area contributed by atoms with Gasteiger partial charge in [-0.3, -0.25) is 9.36 Å². The molecule has 0 radical (unpaired) electrons. The zero-order valence-corrected chi connectivity index (χ0v) is 14.3. The first-order chi connectivity index (χ1) is 12.6. The molecule has 3 aromatic rings. The van der Waals surface area contributed by atoms with E-state index in [-0.39, 0.29) is 18.2 Å². The van der Waals surface area contributed by atoms with Gasteiger partial charge in [-0.05, 0) is 48.6 Å². The molecular weight excluding hydrogens is 332 g/mol. The number of hydrogen-bond donors (Lipinski definition) is 1. The van der Waals surface area contributed by atoms with Crippen LogP contribution in [0.3, 0.4) is 0 Å². The van der Waals surface area contributed by atoms with Gasteiger partial charge in [-0.2, -0.15) is 0 Å². The monoisotopic (exact) mass is 352 g/mol. The Morgan fingerprint density at radius 2 is 1.77 bits per heavy atom. The first-order valence-corrected chi connectivity index (χ1v) is 8.77. The van der Waals surface area contributed by atoms with Crippen molar-refractivity contribution in [2.45, 2.75) is 25.3 Å². The Hall–Kier alpha value is -3.02. The van der Waals surface area contributed by atoms with Crippen LogP contribution < -0.4 is 5.76 Å². The highest BCUT2D eigenvalue weighted by atomic mass is 16.4. The van der Waals surface area contributed by atoms with E-state index < -0.39 is 5.76 Å². The van der Waals surface area contributed by atoms with Crippen molar-refractivity contribution in [3.63, 3.8) is 0 Å². The van der Waals surface area contributed by atoms with Gasteiger partial charge in [0.1, 0.15) is 12.3 Å². The number of phenolic OH excluding ortho intramolecular Hbond substituents is 1. The van der Waals surface area contributed by atoms with Crippen molar-refractivity contribution in [2.75, 3.05) is 13.1 Å². The quantitative estimate of drug-likeness (QED) is 0.786. The number of nitrogens with zero attached hydrogens (tertiary/aromatic N) is 2. The second-order valence-corrected chi connectivity index (χ2v) is 6.67. The van der Waals surface area contributed by atoms with Crippen LogP contribution in [0, 0.1) is 0 Å². The lowest BCUT2D eigenvalue weighted by Gasteiger charge is -2.32. The maximum atomic E-state index is 12.6. The number of piperidine rings is 1. The predicted molar refractivity (Wildman–Crippen MR) is 97.1 cm³/mol. The lowest BCUT2D eigenvalue weighted by atomic mass is 9.89. The molecule has 1 aromatic heterocycles. The number of rotatable bonds is 3. The van der Waals surface area contributed by atoms with E-state index in [0.717, 1.165) is 12.8 Å². The summed E-state index contributed by atoms with van der Waals surface area (Å²) >= 11 is 0. The maximum absolute atomic E-state index is 12.6. The molecule has 2 aromatic carbocycles. The number of amides is 1. The lowest BCUT2D eigenvalue weighted by Crippen LogP contribution is -2.40. The van der Waals surface area contributed by atoms with Crippen molar-refractivity contribution in [3.8, 4) is 5.75 Å². The standard InChI is InChI=1S/C20H20N2O4/c23-16-7-5-14(6-8-16)15-9-11-21(12-10-15)19(24)13-22-17-3-1-2-4-18(17)26-20(22)25/h1-8,15,23H,9-13H2. The van der Waals surface area contributed by atoms with Crippen molar-refractivity contribution >= 4 is 17.0 Å². The molecule has 1 N–H and O–H groups in total. The van der Waals surface area contributed by atoms with Crippen LogP contribution in [-0.2, 0) is 11.3 Å². The highest BCUT2D eigenvalue weighted by molar-refractivity contribution is 5.79. The molecule has 0 spiro atoms. The average Bonchev–Trinajstić information content (AvgIpc) is 2.98. The molecule has 6 nitrogen and oxygen atoms in total. The second kappa shape index (κ2) is 6.71. The third-order valence-corrected chi connectivity index (χ3v) is 5.08. The number of carbonyl (C=O) groups excluding carboxylic acids is 1. The number of carbonyl (C=O) groups is 1. The van der Waals surface area contributed by atoms with Gasteiger partial charge < -0.3 is 14.4 Å². The largest absolute Gasteiger partial charge is 0.508 e. The fourth-order valence-electron chi connectivity index (χ4n) is 3.61. The minimum Gasteiger partial charge on any atom is -0.508 e. The Bertz CT molecular complexity index is 979. The molecule has 1 aliphatic rings. The van der Waals surface area contributed by atoms with Crippen molar-refractivity contribution in [1.29, 1.82) is 0 Å². The highest BCUT2D eigenvalue weighted by Gasteiger charge is 2.25. The van der Waals surface area contributed by atoms with E-state index in [1.54, 1.807) is 30.3 Å². The number of likely N-dealkylation sites (tertiary alicyclic amines) is 1. The fourth-order valence-corrected chi connectivity index (χ4v) is 3.61. The third kappa shape index (κ3) is 3.10. The van der Waals surface area contributed by atoms with Crippen LogP contribution in [0.2, 0.25) is 0 Å². The van der Waals surface area contributed by atoms with E-state index in [0.29, 0.717) is 30.1 Å². The van der Waals surface area contributed by atoms with Crippen molar-refractivity contribution in [3.05, 3.63) is 64.6 Å². The third-order valence-electron chi connectivity index (χ3n) is 5.08. The summed E-state index contributed by atoms with van der Waals surface area (Å²) in [5.74, 6) is 0.0811. The molecule has 1 saturated heterocycles. The molecule has 0 aliphatic carbocycles. The zero-order valence-electron chi connectivity index (χ0n) is 14.3. The first-order valence-electron chi connectivity index (χ1n) is 8.77. The van der Waals surface area contributed by atoms with Gasteiger partial charge in [0.2, 0.25) is 5.91 Å². The van der Waals surface area contributed by atoms with Crippen LogP contribution in [0.4, 0.5) is 0 Å². The molecule has 134 valence electrons. The molecule has 26 heavy (non-hydrogen) atoms. The summed E-state index contributed by atoms with van der Waals surface area (Å²) in [5.41, 5.74) is 2.33. The topological polar surface area (TPSA) is 75.7 Å². The number of aromatic nitrogens is 1. The SMILES string of the molecule is O=C(Cn1c(=O)oc2ccccc21)N1CCC(c2ccc(O)cc2)CC1. The molecular formula is C20H20N2O4. The van der Waals surface area contributed by atoms with E-state index in [9.17, 15) is 14.7 Å². The molecule has 1 aliphatic heterocycles. The molecule has 0 atom stereocenters. The van der Waals surface area contributed by atoms with Gasteiger partial charge in [0.25, 0.3) is 0 Å². The van der Waals surface area contributed by atoms with Gasteiger partial charge in [0.15, 0.2) is 5.58 Å². The van der Waals surface area contributed by atoms with Gasteiger partial charge >= 0.3 is 5.76 Å². The number of fused-ring (bicyclic) bond motifs is 1. The average molecular weight is 352 g/mol. The van der Waals surface area contributed by atoms with Gasteiger partial charge in [-0.1, -0.05) is 24.3 Å². The number of phenols is 1. The zero-order chi connectivity index (χ0) is 18.1. The van der Waals surface area contributed by atoms with Crippen molar-refractivity contribution in [2.24, 2.45) is 0 Å². The number of oxazole rings is 1. The Balaban J connectivity index is 1.43. The van der Waals surface area contributed by atoms with Crippen molar-refractivity contribution in [1.82, 2.24) is 9.47 Å². The molecule has 2 heterocycles. The summed E-state index contributed by atoms with van der Waals surface area (Å²) < 4.78 is 6.58. The Morgan fingerprint density at radius 3 is 2.50 bits per heavy atom. The van der Waals surface area contributed by atoms with Crippen LogP contribution in [0.15, 0.2) is 57.7 Å². The van der Waals surface area contributed by atoms with Crippen molar-refractivity contribution < 1.29 is 14.3 Å². The predicted octanol–water partition coefficient (Wildman–Crippen LogP) is 2.71. The second-order valence-electron chi connectivity index (χ2n) is 6.67. The van der Waals surface area contributed by atoms with Gasteiger partial charge in [0.05, 0.1) is 5.52 Å². The normalized spacial score (nSPS) is 15.5. The van der Waals surface area contributed by atoms with E-state index in [1.165, 1.54) is 10.1 Å². The van der Waals surface area contributed by atoms with E-state index in [4.69, 9.17) is 4.42 Å². The summed E-state index contributed by atoms with van der Waals surface area (Å²) in [6.07, 6.45) is 1.75. The lowest BCUT2D eigenvalue weighted by molar-refractivity contribution is -0.132. The summed E-state index contributed by atoms with van der Waals surface area (Å²) in [6.45, 7) is 1.32. The number of benzene rings is 2. The molecule has 0 bridgehead atoms. The molecule has 1 amide bonds. The summed E-state index contributed by atoms with van der Waals surface area (Å²) in [5, 5.41) is 9.40. The molecule has 1 fully saturated rings. The summed E-state index contributed by atoms with van der Waals surface area (Å²) in [4.78, 5) is 26.5. The minimum atomic E-state index is -0.501. The van der Waals surface area contributed by atoms with E-state index >= 15 is 0 Å². The van der Waals surface area contributed by atoms with Crippen LogP contribution in [0.1, 0.15) is 24.3 Å². The Labute approximate surface area is 150 Å². The molecule has 0 saturated carbocycles. The molecule has 4 rings (SSSR count). The van der Waals surface area contributed by atoms with Crippen LogP contribution in [-0.4, -0.2) is 33.6 Å². The number of aromatic hydroxyl groups is 1. The van der Waals surface area contributed by atoms with E-state index in [1.807, 2.05) is 23.1 Å². The van der Waals surface area contributed by atoms with Crippen LogP contribution in [0.25, 0.3) is 11.1 Å². The number of para-hydroxylation sites is 2. The molecule has 6 heteroatoms. The molecule has 0 unspecified atom stereocenters. The summed E-state index contributed by atoms with van der Waals surface area (Å²) in [6, 6.07) is 14.4. The minimum absolute atomic E-state index is 0.000275. The van der Waals surface area contributed by atoms with Gasteiger partial charge in [0, 0.05) is 13.1 Å². The first kappa shape index (κ1) is 16.4.